The van der Waals surface area contributed by atoms with Gasteiger partial charge in [-0.15, -0.1) is 11.3 Å². The second kappa shape index (κ2) is 13.8. The molecule has 7 nitrogen and oxygen atoms in total. The van der Waals surface area contributed by atoms with Gasteiger partial charge in [-0.05, 0) is 65.2 Å². The van der Waals surface area contributed by atoms with E-state index in [0.29, 0.717) is 46.1 Å². The molecule has 1 amide bonds. The minimum Gasteiger partial charge on any atom is -0.490 e. The Labute approximate surface area is 260 Å². The van der Waals surface area contributed by atoms with Gasteiger partial charge in [0.05, 0.1) is 35.5 Å². The number of amides is 1. The van der Waals surface area contributed by atoms with E-state index in [2.05, 4.69) is 26.9 Å². The van der Waals surface area contributed by atoms with Gasteiger partial charge in [-0.2, -0.15) is 18.3 Å². The van der Waals surface area contributed by atoms with Gasteiger partial charge < -0.3 is 14.8 Å². The van der Waals surface area contributed by atoms with Crippen molar-refractivity contribution in [2.75, 3.05) is 11.9 Å². The Morgan fingerprint density at radius 1 is 1.02 bits per heavy atom. The quantitative estimate of drug-likeness (QED) is 0.112. The maximum absolute atomic E-state index is 13.0. The molecule has 0 fully saturated rings. The normalized spacial score (nSPS) is 11.6. The van der Waals surface area contributed by atoms with Crippen molar-refractivity contribution < 1.29 is 27.4 Å². The van der Waals surface area contributed by atoms with Crippen LogP contribution in [0.1, 0.15) is 29.3 Å². The first-order chi connectivity index (χ1) is 21.2. The van der Waals surface area contributed by atoms with Gasteiger partial charge in [0, 0.05) is 11.1 Å². The van der Waals surface area contributed by atoms with Crippen molar-refractivity contribution in [1.82, 2.24) is 10.4 Å². The van der Waals surface area contributed by atoms with Crippen LogP contribution in [0.3, 0.4) is 0 Å². The van der Waals surface area contributed by atoms with E-state index in [-0.39, 0.29) is 12.1 Å². The van der Waals surface area contributed by atoms with Gasteiger partial charge in [-0.25, -0.2) is 10.4 Å². The highest BCUT2D eigenvalue weighted by Gasteiger charge is 2.30. The Bertz CT molecular complexity index is 1810. The highest BCUT2D eigenvalue weighted by atomic mass is 35.5. The molecule has 0 aliphatic heterocycles. The van der Waals surface area contributed by atoms with Crippen molar-refractivity contribution in [2.45, 2.75) is 26.1 Å². The lowest BCUT2D eigenvalue weighted by Crippen LogP contribution is -2.20. The van der Waals surface area contributed by atoms with E-state index < -0.39 is 17.6 Å². The van der Waals surface area contributed by atoms with E-state index in [1.54, 1.807) is 17.5 Å². The van der Waals surface area contributed by atoms with Gasteiger partial charge in [-0.3, -0.25) is 4.79 Å². The Morgan fingerprint density at radius 2 is 1.84 bits per heavy atom. The number of nitrogens with one attached hydrogen (secondary N) is 2. The summed E-state index contributed by atoms with van der Waals surface area (Å²) >= 11 is 7.72. The highest BCUT2D eigenvalue weighted by Crippen LogP contribution is 2.37. The van der Waals surface area contributed by atoms with E-state index in [9.17, 15) is 18.0 Å². The zero-order valence-electron chi connectivity index (χ0n) is 23.3. The van der Waals surface area contributed by atoms with Crippen LogP contribution in [0, 0.1) is 0 Å². The molecule has 0 spiro atoms. The third-order valence-corrected chi connectivity index (χ3v) is 7.35. The summed E-state index contributed by atoms with van der Waals surface area (Å²) in [4.78, 5) is 16.7. The Balaban J connectivity index is 1.18. The second-order valence-electron chi connectivity index (χ2n) is 9.55. The summed E-state index contributed by atoms with van der Waals surface area (Å²) < 4.78 is 50.7. The third-order valence-electron chi connectivity index (χ3n) is 6.27. The van der Waals surface area contributed by atoms with Crippen LogP contribution in [0.15, 0.2) is 89.3 Å². The lowest BCUT2D eigenvalue weighted by molar-refractivity contribution is -0.137. The molecule has 0 bridgehead atoms. The molecule has 4 aromatic carbocycles. The largest absolute Gasteiger partial charge is 0.490 e. The number of aromatic nitrogens is 1. The Hall–Kier alpha value is -4.61. The van der Waals surface area contributed by atoms with Crippen LogP contribution < -0.4 is 20.2 Å². The number of anilines is 2. The lowest BCUT2D eigenvalue weighted by atomic mass is 10.1. The third kappa shape index (κ3) is 8.06. The minimum atomic E-state index is -4.45. The number of thiazole rings is 1. The number of alkyl halides is 3. The average molecular weight is 639 g/mol. The van der Waals surface area contributed by atoms with Crippen LogP contribution in [0.25, 0.3) is 10.8 Å². The standard InChI is InChI=1S/C32H26ClF3N4O3S/c1-2-42-28-14-21(13-27(33)30(28)43-18-20-10-11-22-6-3-4-7-23(22)12-20)17-37-40-29(41)16-26-19-44-31(39-26)38-25-9-5-8-24(15-25)32(34,35)36/h3-15,17,19H,2,16,18H2,1H3,(H,38,39)(H,40,41)/b37-17-. The number of hydrazone groups is 1. The van der Waals surface area contributed by atoms with Crippen molar-refractivity contribution in [3.63, 3.8) is 0 Å². The molecule has 2 N–H and O–H groups in total. The summed E-state index contributed by atoms with van der Waals surface area (Å²) in [5, 5.41) is 11.4. The van der Waals surface area contributed by atoms with E-state index in [0.717, 1.165) is 28.5 Å². The molecule has 0 saturated carbocycles. The summed E-state index contributed by atoms with van der Waals surface area (Å²) in [7, 11) is 0. The molecule has 0 radical (unpaired) electrons. The molecule has 1 aromatic heterocycles. The van der Waals surface area contributed by atoms with Gasteiger partial charge in [0.2, 0.25) is 5.91 Å². The van der Waals surface area contributed by atoms with Crippen molar-refractivity contribution >= 4 is 56.7 Å². The first-order valence-corrected chi connectivity index (χ1v) is 14.7. The summed E-state index contributed by atoms with van der Waals surface area (Å²) in [5.74, 6) is 0.418. The number of carbonyl (C=O) groups is 1. The molecule has 0 unspecified atom stereocenters. The summed E-state index contributed by atoms with van der Waals surface area (Å²) in [5.41, 5.74) is 3.91. The fourth-order valence-corrected chi connectivity index (χ4v) is 5.28. The minimum absolute atomic E-state index is 0.0788. The van der Waals surface area contributed by atoms with Gasteiger partial charge in [0.15, 0.2) is 16.6 Å². The molecule has 5 aromatic rings. The van der Waals surface area contributed by atoms with Crippen LogP contribution in [-0.2, 0) is 24.0 Å². The number of carbonyl (C=O) groups excluding carboxylic acids is 1. The van der Waals surface area contributed by atoms with Crippen LogP contribution in [-0.4, -0.2) is 23.7 Å². The Morgan fingerprint density at radius 3 is 2.64 bits per heavy atom. The van der Waals surface area contributed by atoms with Crippen LogP contribution >= 0.6 is 22.9 Å². The van der Waals surface area contributed by atoms with Gasteiger partial charge in [0.1, 0.15) is 6.61 Å². The zero-order valence-corrected chi connectivity index (χ0v) is 24.9. The number of hydrogen-bond acceptors (Lipinski definition) is 7. The maximum Gasteiger partial charge on any atom is 0.416 e. The topological polar surface area (TPSA) is 84.8 Å². The number of nitrogens with zero attached hydrogens (tertiary/aromatic N) is 2. The van der Waals surface area contributed by atoms with Gasteiger partial charge >= 0.3 is 6.18 Å². The van der Waals surface area contributed by atoms with E-state index in [1.165, 1.54) is 29.7 Å². The molecule has 0 aliphatic rings. The van der Waals surface area contributed by atoms with Crippen molar-refractivity contribution in [1.29, 1.82) is 0 Å². The average Bonchev–Trinajstić information content (AvgIpc) is 3.42. The number of rotatable bonds is 11. The van der Waals surface area contributed by atoms with E-state index in [1.807, 2.05) is 43.3 Å². The number of fused-ring (bicyclic) bond motifs is 1. The highest BCUT2D eigenvalue weighted by molar-refractivity contribution is 7.13. The smallest absolute Gasteiger partial charge is 0.416 e. The monoisotopic (exact) mass is 638 g/mol. The number of halogens is 4. The molecule has 226 valence electrons. The number of ether oxygens (including phenoxy) is 2. The summed E-state index contributed by atoms with van der Waals surface area (Å²) in [6.45, 7) is 2.53. The molecule has 0 aliphatic carbocycles. The predicted octanol–water partition coefficient (Wildman–Crippen LogP) is 8.38. The van der Waals surface area contributed by atoms with E-state index >= 15 is 0 Å². The fraction of sp³-hybridized carbons (Fsp3) is 0.156. The first-order valence-electron chi connectivity index (χ1n) is 13.5. The summed E-state index contributed by atoms with van der Waals surface area (Å²) in [6, 6.07) is 22.3. The van der Waals surface area contributed by atoms with Crippen molar-refractivity contribution in [2.24, 2.45) is 5.10 Å². The maximum atomic E-state index is 13.0. The molecule has 5 rings (SSSR count). The fourth-order valence-electron chi connectivity index (χ4n) is 4.27. The van der Waals surface area contributed by atoms with Gasteiger partial charge in [0.25, 0.3) is 0 Å². The van der Waals surface area contributed by atoms with Crippen LogP contribution in [0.4, 0.5) is 24.0 Å². The second-order valence-corrected chi connectivity index (χ2v) is 10.8. The molecule has 0 saturated heterocycles. The number of hydrogen-bond donors (Lipinski definition) is 2. The van der Waals surface area contributed by atoms with Crippen molar-refractivity contribution in [3.05, 3.63) is 112 Å². The molecule has 1 heterocycles. The van der Waals surface area contributed by atoms with Gasteiger partial charge in [-0.1, -0.05) is 54.1 Å². The van der Waals surface area contributed by atoms with Crippen LogP contribution in [0.5, 0.6) is 11.5 Å². The molecule has 44 heavy (non-hydrogen) atoms. The zero-order chi connectivity index (χ0) is 31.1. The molecular formula is C32H26ClF3N4O3S. The van der Waals surface area contributed by atoms with Crippen LogP contribution in [0.2, 0.25) is 5.02 Å². The molecular weight excluding hydrogens is 613 g/mol. The molecule has 0 atom stereocenters. The summed E-state index contributed by atoms with van der Waals surface area (Å²) in [6.07, 6.45) is -3.10. The number of benzene rings is 4. The van der Waals surface area contributed by atoms with E-state index in [4.69, 9.17) is 21.1 Å². The SMILES string of the molecule is CCOc1cc(/C=N\NC(=O)Cc2csc(Nc3cccc(C(F)(F)F)c3)n2)cc(Cl)c1OCc1ccc2ccccc2c1. The predicted molar refractivity (Wildman–Crippen MR) is 167 cm³/mol. The molecule has 12 heteroatoms. The Kier molecular flexibility index (Phi) is 9.66. The lowest BCUT2D eigenvalue weighted by Gasteiger charge is -2.15. The van der Waals surface area contributed by atoms with Crippen molar-refractivity contribution in [3.8, 4) is 11.5 Å². The first kappa shape index (κ1) is 30.8.